The van der Waals surface area contributed by atoms with Crippen molar-refractivity contribution in [2.24, 2.45) is 0 Å². The number of rotatable bonds is 7. The van der Waals surface area contributed by atoms with Crippen LogP contribution < -0.4 is 10.0 Å². The fraction of sp³-hybridized carbons (Fsp3) is 0.0385. The number of anilines is 1. The number of carbonyl (C=O) groups excluding carboxylic acids is 1. The molecule has 178 valence electrons. The van der Waals surface area contributed by atoms with E-state index in [0.29, 0.717) is 5.02 Å². The molecule has 0 aromatic heterocycles. The van der Waals surface area contributed by atoms with Crippen LogP contribution in [0.25, 0.3) is 0 Å². The van der Waals surface area contributed by atoms with E-state index in [4.69, 9.17) is 23.2 Å². The zero-order valence-electron chi connectivity index (χ0n) is 18.1. The Bertz CT molecular complexity index is 1430. The summed E-state index contributed by atoms with van der Waals surface area (Å²) in [5, 5.41) is 2.86. The summed E-state index contributed by atoms with van der Waals surface area (Å²) < 4.78 is 43.9. The van der Waals surface area contributed by atoms with E-state index in [-0.39, 0.29) is 21.2 Å². The molecule has 0 saturated carbocycles. The zero-order valence-corrected chi connectivity index (χ0v) is 20.4. The van der Waals surface area contributed by atoms with Crippen molar-refractivity contribution in [3.63, 3.8) is 0 Å². The first kappa shape index (κ1) is 24.9. The van der Waals surface area contributed by atoms with Gasteiger partial charge in [0.05, 0.1) is 27.2 Å². The second-order valence-corrected chi connectivity index (χ2v) is 10.2. The number of carbonyl (C=O) groups is 1. The molecule has 5 nitrogen and oxygen atoms in total. The molecule has 0 bridgehead atoms. The normalized spacial score (nSPS) is 11.4. The average molecular weight is 529 g/mol. The standard InChI is InChI=1S/C26H19Cl2FN2O3S/c27-19-11-13-21(22(28)15-19)26(32)30-24-14-12-20(16-23(24)29)35(33,34)31-25(17-7-3-1-4-8-17)18-9-5-2-6-10-18/h1-16,25,31H,(H,30,32). The van der Waals surface area contributed by atoms with Crippen LogP contribution in [0.1, 0.15) is 27.5 Å². The van der Waals surface area contributed by atoms with Crippen LogP contribution in [-0.2, 0) is 10.0 Å². The van der Waals surface area contributed by atoms with Crippen LogP contribution in [0.5, 0.6) is 0 Å². The molecular weight excluding hydrogens is 510 g/mol. The Morgan fingerprint density at radius 2 is 1.40 bits per heavy atom. The number of nitrogens with one attached hydrogen (secondary N) is 2. The molecule has 35 heavy (non-hydrogen) atoms. The number of hydrogen-bond acceptors (Lipinski definition) is 3. The Kier molecular flexibility index (Phi) is 7.52. The largest absolute Gasteiger partial charge is 0.319 e. The van der Waals surface area contributed by atoms with Crippen molar-refractivity contribution in [2.45, 2.75) is 10.9 Å². The summed E-state index contributed by atoms with van der Waals surface area (Å²) in [5.74, 6) is -1.57. The minimum absolute atomic E-state index is 0.0994. The zero-order chi connectivity index (χ0) is 25.0. The van der Waals surface area contributed by atoms with E-state index in [2.05, 4.69) is 10.0 Å². The van der Waals surface area contributed by atoms with E-state index in [1.54, 1.807) is 24.3 Å². The Morgan fingerprint density at radius 1 is 0.800 bits per heavy atom. The maximum absolute atomic E-state index is 14.8. The van der Waals surface area contributed by atoms with Gasteiger partial charge in [0, 0.05) is 5.02 Å². The summed E-state index contributed by atoms with van der Waals surface area (Å²) in [6.07, 6.45) is 0. The fourth-order valence-corrected chi connectivity index (χ4v) is 5.19. The topological polar surface area (TPSA) is 75.3 Å². The highest BCUT2D eigenvalue weighted by Crippen LogP contribution is 2.27. The first-order valence-electron chi connectivity index (χ1n) is 10.4. The van der Waals surface area contributed by atoms with E-state index in [1.807, 2.05) is 36.4 Å². The number of sulfonamides is 1. The second-order valence-electron chi connectivity index (χ2n) is 7.60. The summed E-state index contributed by atoms with van der Waals surface area (Å²) in [6.45, 7) is 0. The highest BCUT2D eigenvalue weighted by molar-refractivity contribution is 7.89. The van der Waals surface area contributed by atoms with Crippen molar-refractivity contribution in [3.8, 4) is 0 Å². The van der Waals surface area contributed by atoms with Crippen LogP contribution in [0.3, 0.4) is 0 Å². The van der Waals surface area contributed by atoms with Crippen LogP contribution in [0, 0.1) is 5.82 Å². The van der Waals surface area contributed by atoms with Gasteiger partial charge in [-0.25, -0.2) is 12.8 Å². The molecule has 0 atom stereocenters. The van der Waals surface area contributed by atoms with Crippen molar-refractivity contribution in [2.75, 3.05) is 5.32 Å². The van der Waals surface area contributed by atoms with Crippen LogP contribution in [0.4, 0.5) is 10.1 Å². The lowest BCUT2D eigenvalue weighted by Crippen LogP contribution is -2.29. The summed E-state index contributed by atoms with van der Waals surface area (Å²) in [4.78, 5) is 12.2. The highest BCUT2D eigenvalue weighted by Gasteiger charge is 2.24. The number of hydrogen-bond donors (Lipinski definition) is 2. The van der Waals surface area contributed by atoms with Gasteiger partial charge in [0.2, 0.25) is 10.0 Å². The molecule has 0 aliphatic carbocycles. The summed E-state index contributed by atoms with van der Waals surface area (Å²) in [7, 11) is -4.13. The van der Waals surface area contributed by atoms with Crippen LogP contribution in [0.15, 0.2) is 102 Å². The van der Waals surface area contributed by atoms with Crippen molar-refractivity contribution in [3.05, 3.63) is 130 Å². The Hall–Kier alpha value is -3.23. The van der Waals surface area contributed by atoms with Gasteiger partial charge in [-0.2, -0.15) is 4.72 Å². The Morgan fingerprint density at radius 3 is 1.94 bits per heavy atom. The highest BCUT2D eigenvalue weighted by atomic mass is 35.5. The number of amides is 1. The molecule has 0 unspecified atom stereocenters. The molecule has 0 saturated heterocycles. The molecular formula is C26H19Cl2FN2O3S. The van der Waals surface area contributed by atoms with Crippen LogP contribution >= 0.6 is 23.2 Å². The number of halogens is 3. The SMILES string of the molecule is O=C(Nc1ccc(S(=O)(=O)NC(c2ccccc2)c2ccccc2)cc1F)c1ccc(Cl)cc1Cl. The predicted octanol–water partition coefficient (Wildman–Crippen LogP) is 6.45. The van der Waals surface area contributed by atoms with Gasteiger partial charge in [-0.3, -0.25) is 4.79 Å². The van der Waals surface area contributed by atoms with Gasteiger partial charge in [-0.15, -0.1) is 0 Å². The van der Waals surface area contributed by atoms with Crippen LogP contribution in [0.2, 0.25) is 10.0 Å². The maximum atomic E-state index is 14.8. The Balaban J connectivity index is 1.59. The third kappa shape index (κ3) is 5.89. The molecule has 1 amide bonds. The first-order valence-corrected chi connectivity index (χ1v) is 12.7. The third-order valence-corrected chi connectivity index (χ3v) is 7.18. The van der Waals surface area contributed by atoms with Crippen molar-refractivity contribution >= 4 is 44.8 Å². The van der Waals surface area contributed by atoms with Gasteiger partial charge in [-0.1, -0.05) is 83.9 Å². The molecule has 0 heterocycles. The van der Waals surface area contributed by atoms with E-state index in [1.165, 1.54) is 30.3 Å². The Labute approximate surface area is 212 Å². The molecule has 4 aromatic carbocycles. The van der Waals surface area contributed by atoms with Gasteiger partial charge in [0.25, 0.3) is 5.91 Å². The van der Waals surface area contributed by atoms with Gasteiger partial charge in [0.15, 0.2) is 0 Å². The van der Waals surface area contributed by atoms with Crippen molar-refractivity contribution in [1.82, 2.24) is 4.72 Å². The van der Waals surface area contributed by atoms with Gasteiger partial charge < -0.3 is 5.32 Å². The second kappa shape index (κ2) is 10.6. The molecule has 0 aliphatic heterocycles. The summed E-state index contributed by atoms with van der Waals surface area (Å²) in [5.41, 5.74) is 1.36. The summed E-state index contributed by atoms with van der Waals surface area (Å²) in [6, 6.07) is 25.0. The molecule has 4 rings (SSSR count). The predicted molar refractivity (Wildman–Crippen MR) is 136 cm³/mol. The molecule has 0 radical (unpaired) electrons. The molecule has 9 heteroatoms. The lowest BCUT2D eigenvalue weighted by atomic mass is 10.00. The third-order valence-electron chi connectivity index (χ3n) is 5.21. The van der Waals surface area contributed by atoms with Crippen LogP contribution in [-0.4, -0.2) is 14.3 Å². The lowest BCUT2D eigenvalue weighted by molar-refractivity contribution is 0.102. The number of benzene rings is 4. The molecule has 0 spiro atoms. The maximum Gasteiger partial charge on any atom is 0.257 e. The lowest BCUT2D eigenvalue weighted by Gasteiger charge is -2.20. The minimum Gasteiger partial charge on any atom is -0.319 e. The molecule has 2 N–H and O–H groups in total. The average Bonchev–Trinajstić information content (AvgIpc) is 2.84. The fourth-order valence-electron chi connectivity index (χ4n) is 3.47. The monoisotopic (exact) mass is 528 g/mol. The summed E-state index contributed by atoms with van der Waals surface area (Å²) >= 11 is 11.9. The van der Waals surface area contributed by atoms with Gasteiger partial charge >= 0.3 is 0 Å². The van der Waals surface area contributed by atoms with E-state index >= 15 is 0 Å². The van der Waals surface area contributed by atoms with E-state index < -0.39 is 27.8 Å². The molecule has 0 aliphatic rings. The molecule has 4 aromatic rings. The quantitative estimate of drug-likeness (QED) is 0.289. The van der Waals surface area contributed by atoms with E-state index in [0.717, 1.165) is 17.2 Å². The minimum atomic E-state index is -4.13. The smallest absolute Gasteiger partial charge is 0.257 e. The van der Waals surface area contributed by atoms with Gasteiger partial charge in [0.1, 0.15) is 5.82 Å². The van der Waals surface area contributed by atoms with Crippen molar-refractivity contribution < 1.29 is 17.6 Å². The van der Waals surface area contributed by atoms with Crippen molar-refractivity contribution in [1.29, 1.82) is 0 Å². The first-order chi connectivity index (χ1) is 16.7. The van der Waals surface area contributed by atoms with Gasteiger partial charge in [-0.05, 0) is 47.5 Å². The molecule has 0 fully saturated rings. The van der Waals surface area contributed by atoms with E-state index in [9.17, 15) is 17.6 Å².